The van der Waals surface area contributed by atoms with Crippen molar-refractivity contribution < 1.29 is 22.0 Å². The summed E-state index contributed by atoms with van der Waals surface area (Å²) < 4.78 is 49.1. The largest absolute Gasteiger partial charge is 0.446 e. The fourth-order valence-corrected chi connectivity index (χ4v) is 5.62. The molecule has 2 unspecified atom stereocenters. The van der Waals surface area contributed by atoms with Gasteiger partial charge in [0.25, 0.3) is 10.2 Å². The maximum atomic E-state index is 13.6. The molecule has 0 amide bonds. The molecule has 1 saturated heterocycles. The molecule has 1 aliphatic carbocycles. The standard InChI is InChI=1S/C17H17BrFN7O5S/c18-12-5-11(1-2-13(12)19)26-16(24-30-17(26)27)14-15(23-31-22-14)21-10-3-8-6-25(32(20,28)29)7-9(8)4-10/h1-2,5,8-10H,3-4,6-7H2,(H,21,23)(H2,20,28,29). The lowest BCUT2D eigenvalue weighted by atomic mass is 10.0. The van der Waals surface area contributed by atoms with Crippen LogP contribution in [0, 0.1) is 17.7 Å². The molecule has 2 atom stereocenters. The van der Waals surface area contributed by atoms with Gasteiger partial charge in [-0.1, -0.05) is 5.16 Å². The molecular weight excluding hydrogens is 513 g/mol. The number of nitrogens with one attached hydrogen (secondary N) is 1. The van der Waals surface area contributed by atoms with Gasteiger partial charge in [-0.3, -0.25) is 4.52 Å². The van der Waals surface area contributed by atoms with Crippen LogP contribution in [0.25, 0.3) is 17.2 Å². The normalized spacial score (nSPS) is 23.5. The molecular formula is C17H17BrFN7O5S. The van der Waals surface area contributed by atoms with Crippen molar-refractivity contribution in [3.63, 3.8) is 0 Å². The van der Waals surface area contributed by atoms with Gasteiger partial charge in [-0.2, -0.15) is 12.7 Å². The topological polar surface area (TPSA) is 162 Å². The van der Waals surface area contributed by atoms with Crippen molar-refractivity contribution in [3.05, 3.63) is 39.0 Å². The molecule has 0 radical (unpaired) electrons. The summed E-state index contributed by atoms with van der Waals surface area (Å²) >= 11 is 3.09. The molecule has 170 valence electrons. The Balaban J connectivity index is 1.38. The van der Waals surface area contributed by atoms with Gasteiger partial charge in [-0.05, 0) is 69.1 Å². The number of nitrogens with two attached hydrogens (primary N) is 1. The van der Waals surface area contributed by atoms with E-state index in [4.69, 9.17) is 14.3 Å². The molecule has 15 heteroatoms. The van der Waals surface area contributed by atoms with Crippen molar-refractivity contribution in [3.8, 4) is 17.2 Å². The highest BCUT2D eigenvalue weighted by Crippen LogP contribution is 2.40. The number of anilines is 1. The van der Waals surface area contributed by atoms with E-state index in [0.717, 1.165) is 4.57 Å². The molecule has 1 aliphatic heterocycles. The summed E-state index contributed by atoms with van der Waals surface area (Å²) in [5.41, 5.74) is 0.464. The third-order valence-corrected chi connectivity index (χ3v) is 7.51. The Morgan fingerprint density at radius 2 is 1.91 bits per heavy atom. The Labute approximate surface area is 188 Å². The zero-order chi connectivity index (χ0) is 22.6. The predicted octanol–water partition coefficient (Wildman–Crippen LogP) is 1.10. The molecule has 0 spiro atoms. The zero-order valence-electron chi connectivity index (χ0n) is 16.3. The second-order valence-electron chi connectivity index (χ2n) is 7.86. The monoisotopic (exact) mass is 529 g/mol. The number of fused-ring (bicyclic) bond motifs is 1. The minimum atomic E-state index is -3.69. The summed E-state index contributed by atoms with van der Waals surface area (Å²) in [5.74, 6) is -0.617. The number of benzene rings is 1. The highest BCUT2D eigenvalue weighted by molar-refractivity contribution is 9.10. The highest BCUT2D eigenvalue weighted by Gasteiger charge is 2.44. The van der Waals surface area contributed by atoms with Gasteiger partial charge in [0.1, 0.15) is 5.82 Å². The lowest BCUT2D eigenvalue weighted by Gasteiger charge is -2.17. The SMILES string of the molecule is NS(=O)(=O)N1CC2CC(Nc3nonc3-c3noc(=O)n3-c3ccc(F)c(Br)c3)CC2C1. The number of hydrogen-bond donors (Lipinski definition) is 2. The average Bonchev–Trinajstić information content (AvgIpc) is 3.47. The minimum absolute atomic E-state index is 0.00897. The van der Waals surface area contributed by atoms with Crippen LogP contribution in [0.1, 0.15) is 12.8 Å². The first-order chi connectivity index (χ1) is 15.2. The molecule has 2 aromatic heterocycles. The lowest BCUT2D eigenvalue weighted by Crippen LogP contribution is -2.36. The second-order valence-corrected chi connectivity index (χ2v) is 10.3. The van der Waals surface area contributed by atoms with Gasteiger partial charge in [0.05, 0.1) is 10.2 Å². The van der Waals surface area contributed by atoms with E-state index in [1.54, 1.807) is 0 Å². The Kier molecular flexibility index (Phi) is 5.15. The van der Waals surface area contributed by atoms with Crippen LogP contribution in [-0.2, 0) is 10.2 Å². The van der Waals surface area contributed by atoms with E-state index in [2.05, 4.69) is 36.7 Å². The lowest BCUT2D eigenvalue weighted by molar-refractivity contribution is 0.309. The molecule has 2 aliphatic rings. The zero-order valence-corrected chi connectivity index (χ0v) is 18.7. The van der Waals surface area contributed by atoms with E-state index in [9.17, 15) is 17.6 Å². The van der Waals surface area contributed by atoms with E-state index in [1.165, 1.54) is 22.5 Å². The molecule has 5 rings (SSSR count). The Morgan fingerprint density at radius 3 is 2.56 bits per heavy atom. The number of nitrogens with zero attached hydrogens (tertiary/aromatic N) is 5. The van der Waals surface area contributed by atoms with Gasteiger partial charge in [0.2, 0.25) is 11.6 Å². The van der Waals surface area contributed by atoms with Crippen LogP contribution in [-0.4, -0.2) is 51.9 Å². The first-order valence-electron chi connectivity index (χ1n) is 9.62. The van der Waals surface area contributed by atoms with Crippen molar-refractivity contribution in [1.82, 2.24) is 24.3 Å². The Morgan fingerprint density at radius 1 is 1.19 bits per heavy atom. The highest BCUT2D eigenvalue weighted by atomic mass is 79.9. The first kappa shape index (κ1) is 21.2. The van der Waals surface area contributed by atoms with Gasteiger partial charge in [-0.15, -0.1) is 0 Å². The molecule has 0 bridgehead atoms. The van der Waals surface area contributed by atoms with Gasteiger partial charge in [-0.25, -0.2) is 23.5 Å². The van der Waals surface area contributed by atoms with Crippen LogP contribution >= 0.6 is 15.9 Å². The quantitative estimate of drug-likeness (QED) is 0.492. The summed E-state index contributed by atoms with van der Waals surface area (Å²) in [4.78, 5) is 12.3. The molecule has 3 N–H and O–H groups in total. The van der Waals surface area contributed by atoms with Gasteiger partial charge < -0.3 is 5.32 Å². The molecule has 32 heavy (non-hydrogen) atoms. The van der Waals surface area contributed by atoms with Crippen LogP contribution in [0.3, 0.4) is 0 Å². The third-order valence-electron chi connectivity index (χ3n) is 5.88. The van der Waals surface area contributed by atoms with Gasteiger partial charge >= 0.3 is 5.76 Å². The third kappa shape index (κ3) is 3.74. The minimum Gasteiger partial charge on any atom is -0.362 e. The summed E-state index contributed by atoms with van der Waals surface area (Å²) in [6, 6.07) is 4.00. The predicted molar refractivity (Wildman–Crippen MR) is 111 cm³/mol. The maximum absolute atomic E-state index is 13.6. The van der Waals surface area contributed by atoms with E-state index in [1.807, 2.05) is 0 Å². The first-order valence-corrected chi connectivity index (χ1v) is 11.9. The van der Waals surface area contributed by atoms with E-state index < -0.39 is 21.8 Å². The number of aromatic nitrogens is 4. The summed E-state index contributed by atoms with van der Waals surface area (Å²) in [6.45, 7) is 0.766. The fraction of sp³-hybridized carbons (Fsp3) is 0.412. The van der Waals surface area contributed by atoms with Crippen LogP contribution in [0.4, 0.5) is 10.2 Å². The van der Waals surface area contributed by atoms with Gasteiger partial charge in [0, 0.05) is 19.1 Å². The summed E-state index contributed by atoms with van der Waals surface area (Å²) in [5, 5.41) is 20.0. The second kappa shape index (κ2) is 7.75. The molecule has 1 aromatic carbocycles. The summed E-state index contributed by atoms with van der Waals surface area (Å²) in [6.07, 6.45) is 1.42. The molecule has 12 nitrogen and oxygen atoms in total. The van der Waals surface area contributed by atoms with E-state index in [-0.39, 0.29) is 39.7 Å². The van der Waals surface area contributed by atoms with E-state index in [0.29, 0.717) is 31.6 Å². The van der Waals surface area contributed by atoms with Crippen molar-refractivity contribution in [1.29, 1.82) is 0 Å². The average molecular weight is 530 g/mol. The molecule has 3 heterocycles. The van der Waals surface area contributed by atoms with Gasteiger partial charge in [0.15, 0.2) is 5.69 Å². The number of halogens is 2. The smallest absolute Gasteiger partial charge is 0.362 e. The van der Waals surface area contributed by atoms with Crippen LogP contribution in [0.15, 0.2) is 36.6 Å². The van der Waals surface area contributed by atoms with Crippen molar-refractivity contribution in [2.45, 2.75) is 18.9 Å². The van der Waals surface area contributed by atoms with Crippen molar-refractivity contribution >= 4 is 32.0 Å². The van der Waals surface area contributed by atoms with Crippen LogP contribution in [0.2, 0.25) is 0 Å². The summed E-state index contributed by atoms with van der Waals surface area (Å²) in [7, 11) is -3.69. The number of hydrogen-bond acceptors (Lipinski definition) is 9. The molecule has 3 aromatic rings. The Hall–Kier alpha value is -2.62. The fourth-order valence-electron chi connectivity index (χ4n) is 4.46. The Bertz CT molecular complexity index is 1330. The van der Waals surface area contributed by atoms with Crippen LogP contribution < -0.4 is 16.2 Å². The number of rotatable bonds is 5. The molecule has 2 fully saturated rings. The maximum Gasteiger partial charge on any atom is 0.446 e. The van der Waals surface area contributed by atoms with Crippen LogP contribution in [0.5, 0.6) is 0 Å². The molecule has 1 saturated carbocycles. The van der Waals surface area contributed by atoms with Crippen molar-refractivity contribution in [2.24, 2.45) is 17.0 Å². The van der Waals surface area contributed by atoms with E-state index >= 15 is 0 Å². The van der Waals surface area contributed by atoms with Crippen molar-refractivity contribution in [2.75, 3.05) is 18.4 Å².